The smallest absolute Gasteiger partial charge is 0.193 e. The molecule has 1 aromatic heterocycles. The van der Waals surface area contributed by atoms with Gasteiger partial charge in [-0.05, 0) is 37.1 Å². The molecule has 0 amide bonds. The standard InChI is InChI=1S/C21H28F2N6.HI/c1-24-21(27-11-5-4-10-26-20-6-2-3-9-25-20)29-14-12-28(13-15-29)19-16-17(22)7-8-18(19)23;/h2-3,6-9,16H,4-5,10-15H2,1H3,(H,24,27)(H,25,26);1H. The molecule has 30 heavy (non-hydrogen) atoms. The van der Waals surface area contributed by atoms with E-state index < -0.39 is 5.82 Å². The molecule has 9 heteroatoms. The van der Waals surface area contributed by atoms with Gasteiger partial charge in [0.15, 0.2) is 5.96 Å². The second-order valence-electron chi connectivity index (χ2n) is 6.89. The summed E-state index contributed by atoms with van der Waals surface area (Å²) in [4.78, 5) is 12.6. The van der Waals surface area contributed by atoms with Crippen molar-refractivity contribution >= 4 is 41.4 Å². The van der Waals surface area contributed by atoms with Crippen molar-refractivity contribution in [2.45, 2.75) is 12.8 Å². The Kier molecular flexibility index (Phi) is 10.0. The number of anilines is 2. The predicted molar refractivity (Wildman–Crippen MR) is 129 cm³/mol. The second-order valence-corrected chi connectivity index (χ2v) is 6.89. The number of aliphatic imine (C=N–C) groups is 1. The Bertz CT molecular complexity index is 797. The fourth-order valence-corrected chi connectivity index (χ4v) is 3.35. The number of benzene rings is 1. The van der Waals surface area contributed by atoms with Crippen LogP contribution in [-0.2, 0) is 0 Å². The van der Waals surface area contributed by atoms with E-state index in [1.165, 1.54) is 12.1 Å². The number of nitrogens with one attached hydrogen (secondary N) is 2. The average Bonchev–Trinajstić information content (AvgIpc) is 2.76. The number of hydrogen-bond acceptors (Lipinski definition) is 4. The highest BCUT2D eigenvalue weighted by Crippen LogP contribution is 2.21. The number of unbranched alkanes of at least 4 members (excludes halogenated alkanes) is 1. The van der Waals surface area contributed by atoms with Crippen molar-refractivity contribution in [1.29, 1.82) is 0 Å². The summed E-state index contributed by atoms with van der Waals surface area (Å²) in [5, 5.41) is 6.69. The van der Waals surface area contributed by atoms with Crippen LogP contribution < -0.4 is 15.5 Å². The fourth-order valence-electron chi connectivity index (χ4n) is 3.35. The van der Waals surface area contributed by atoms with Crippen LogP contribution in [0.25, 0.3) is 0 Å². The maximum Gasteiger partial charge on any atom is 0.193 e. The molecule has 0 unspecified atom stereocenters. The van der Waals surface area contributed by atoms with E-state index in [0.717, 1.165) is 43.8 Å². The zero-order chi connectivity index (χ0) is 20.5. The molecule has 0 bridgehead atoms. The van der Waals surface area contributed by atoms with Crippen LogP contribution >= 0.6 is 24.0 Å². The fraction of sp³-hybridized carbons (Fsp3) is 0.429. The Labute approximate surface area is 193 Å². The second kappa shape index (κ2) is 12.5. The van der Waals surface area contributed by atoms with Crippen molar-refractivity contribution in [2.75, 3.05) is 56.5 Å². The van der Waals surface area contributed by atoms with Crippen molar-refractivity contribution in [3.05, 3.63) is 54.2 Å². The molecular formula is C21H29F2IN6. The molecule has 1 aromatic carbocycles. The van der Waals surface area contributed by atoms with Crippen LogP contribution in [0.15, 0.2) is 47.6 Å². The van der Waals surface area contributed by atoms with E-state index in [-0.39, 0.29) is 29.8 Å². The maximum atomic E-state index is 14.0. The van der Waals surface area contributed by atoms with E-state index in [4.69, 9.17) is 0 Å². The molecule has 0 saturated carbocycles. The van der Waals surface area contributed by atoms with Crippen LogP contribution in [0, 0.1) is 11.6 Å². The van der Waals surface area contributed by atoms with Crippen LogP contribution in [0.5, 0.6) is 0 Å². The molecule has 1 aliphatic rings. The molecule has 3 rings (SSSR count). The molecule has 0 atom stereocenters. The van der Waals surface area contributed by atoms with Crippen molar-refractivity contribution in [3.63, 3.8) is 0 Å². The third kappa shape index (κ3) is 6.96. The summed E-state index contributed by atoms with van der Waals surface area (Å²) in [5.74, 6) is 0.937. The number of guanidine groups is 1. The first-order chi connectivity index (χ1) is 14.2. The molecule has 0 aliphatic carbocycles. The van der Waals surface area contributed by atoms with Crippen LogP contribution in [0.2, 0.25) is 0 Å². The maximum absolute atomic E-state index is 14.0. The number of piperazine rings is 1. The van der Waals surface area contributed by atoms with E-state index >= 15 is 0 Å². The minimum absolute atomic E-state index is 0. The van der Waals surface area contributed by atoms with E-state index in [1.807, 2.05) is 23.1 Å². The molecule has 1 aliphatic heterocycles. The minimum atomic E-state index is -0.418. The molecule has 1 saturated heterocycles. The summed E-state index contributed by atoms with van der Waals surface area (Å²) < 4.78 is 27.4. The van der Waals surface area contributed by atoms with Gasteiger partial charge in [-0.2, -0.15) is 0 Å². The first-order valence-electron chi connectivity index (χ1n) is 9.98. The van der Waals surface area contributed by atoms with E-state index in [2.05, 4.69) is 25.5 Å². The van der Waals surface area contributed by atoms with Gasteiger partial charge in [0.1, 0.15) is 17.5 Å². The van der Waals surface area contributed by atoms with Crippen molar-refractivity contribution in [3.8, 4) is 0 Å². The van der Waals surface area contributed by atoms with Crippen LogP contribution in [0.1, 0.15) is 12.8 Å². The average molecular weight is 530 g/mol. The van der Waals surface area contributed by atoms with Gasteiger partial charge in [0.25, 0.3) is 0 Å². The van der Waals surface area contributed by atoms with Gasteiger partial charge in [-0.25, -0.2) is 13.8 Å². The summed E-state index contributed by atoms with van der Waals surface area (Å²) >= 11 is 0. The van der Waals surface area contributed by atoms with Crippen LogP contribution in [-0.4, -0.2) is 62.2 Å². The lowest BCUT2D eigenvalue weighted by Gasteiger charge is -2.37. The summed E-state index contributed by atoms with van der Waals surface area (Å²) in [5.41, 5.74) is 0.327. The number of hydrogen-bond donors (Lipinski definition) is 2. The van der Waals surface area contributed by atoms with Gasteiger partial charge in [0, 0.05) is 58.6 Å². The first-order valence-corrected chi connectivity index (χ1v) is 9.98. The molecular weight excluding hydrogens is 501 g/mol. The number of nitrogens with zero attached hydrogens (tertiary/aromatic N) is 4. The summed E-state index contributed by atoms with van der Waals surface area (Å²) in [6.07, 6.45) is 3.80. The monoisotopic (exact) mass is 530 g/mol. The zero-order valence-electron chi connectivity index (χ0n) is 17.2. The summed E-state index contributed by atoms with van der Waals surface area (Å²) in [6, 6.07) is 9.40. The van der Waals surface area contributed by atoms with Crippen molar-refractivity contribution < 1.29 is 8.78 Å². The van der Waals surface area contributed by atoms with Crippen LogP contribution in [0.4, 0.5) is 20.3 Å². The lowest BCUT2D eigenvalue weighted by atomic mass is 10.2. The van der Waals surface area contributed by atoms with Gasteiger partial charge in [0.2, 0.25) is 0 Å². The van der Waals surface area contributed by atoms with Crippen molar-refractivity contribution in [2.24, 2.45) is 4.99 Å². The van der Waals surface area contributed by atoms with Gasteiger partial charge in [-0.15, -0.1) is 24.0 Å². The van der Waals surface area contributed by atoms with Gasteiger partial charge in [-0.1, -0.05) is 6.07 Å². The summed E-state index contributed by atoms with van der Waals surface area (Å²) in [6.45, 7) is 4.35. The van der Waals surface area contributed by atoms with Gasteiger partial charge >= 0.3 is 0 Å². The third-order valence-corrected chi connectivity index (χ3v) is 4.90. The zero-order valence-corrected chi connectivity index (χ0v) is 19.5. The molecule has 1 fully saturated rings. The van der Waals surface area contributed by atoms with Gasteiger partial charge in [0.05, 0.1) is 5.69 Å². The Balaban J connectivity index is 0.00000320. The quantitative estimate of drug-likeness (QED) is 0.248. The topological polar surface area (TPSA) is 55.8 Å². The van der Waals surface area contributed by atoms with E-state index in [0.29, 0.717) is 31.9 Å². The Morgan fingerprint density at radius 2 is 1.83 bits per heavy atom. The van der Waals surface area contributed by atoms with Crippen molar-refractivity contribution in [1.82, 2.24) is 15.2 Å². The third-order valence-electron chi connectivity index (χ3n) is 4.90. The highest BCUT2D eigenvalue weighted by molar-refractivity contribution is 14.0. The number of pyridine rings is 1. The molecule has 6 nitrogen and oxygen atoms in total. The SMILES string of the molecule is CN=C(NCCCCNc1ccccn1)N1CCN(c2cc(F)ccc2F)CC1.I. The normalized spacial score (nSPS) is 14.3. The predicted octanol–water partition coefficient (Wildman–Crippen LogP) is 3.57. The van der Waals surface area contributed by atoms with Crippen LogP contribution in [0.3, 0.4) is 0 Å². The largest absolute Gasteiger partial charge is 0.370 e. The molecule has 0 spiro atoms. The molecule has 2 N–H and O–H groups in total. The number of rotatable bonds is 7. The Morgan fingerprint density at radius 3 is 2.53 bits per heavy atom. The first kappa shape index (κ1) is 24.1. The number of halogens is 3. The lowest BCUT2D eigenvalue weighted by molar-refractivity contribution is 0.370. The number of aromatic nitrogens is 1. The van der Waals surface area contributed by atoms with Gasteiger partial charge in [-0.3, -0.25) is 4.99 Å². The lowest BCUT2D eigenvalue weighted by Crippen LogP contribution is -2.52. The molecule has 164 valence electrons. The summed E-state index contributed by atoms with van der Waals surface area (Å²) in [7, 11) is 1.77. The highest BCUT2D eigenvalue weighted by atomic mass is 127. The highest BCUT2D eigenvalue weighted by Gasteiger charge is 2.21. The van der Waals surface area contributed by atoms with E-state index in [1.54, 1.807) is 13.2 Å². The molecule has 2 heterocycles. The van der Waals surface area contributed by atoms with E-state index in [9.17, 15) is 8.78 Å². The Hall–Kier alpha value is -2.17. The minimum Gasteiger partial charge on any atom is -0.370 e. The molecule has 2 aromatic rings. The Morgan fingerprint density at radius 1 is 1.07 bits per heavy atom. The molecule has 0 radical (unpaired) electrons. The van der Waals surface area contributed by atoms with Gasteiger partial charge < -0.3 is 20.4 Å².